The van der Waals surface area contributed by atoms with Crippen LogP contribution in [0.5, 0.6) is 0 Å². The van der Waals surface area contributed by atoms with Crippen LogP contribution in [-0.4, -0.2) is 50.2 Å². The van der Waals surface area contributed by atoms with Gasteiger partial charge in [-0.25, -0.2) is 5.43 Å². The number of rotatable bonds is 3. The van der Waals surface area contributed by atoms with Crippen molar-refractivity contribution >= 4 is 28.9 Å². The summed E-state index contributed by atoms with van der Waals surface area (Å²) in [5, 5.41) is 2.17. The number of benzene rings is 2. The predicted molar refractivity (Wildman–Crippen MR) is 126 cm³/mol. The van der Waals surface area contributed by atoms with Gasteiger partial charge < -0.3 is 19.5 Å². The van der Waals surface area contributed by atoms with Gasteiger partial charge in [-0.15, -0.1) is 0 Å². The first kappa shape index (κ1) is 21.0. The van der Waals surface area contributed by atoms with Gasteiger partial charge in [0.05, 0.1) is 23.1 Å². The number of hydrogen-bond donors (Lipinski definition) is 1. The maximum absolute atomic E-state index is 13.3. The van der Waals surface area contributed by atoms with Crippen molar-refractivity contribution in [3.63, 3.8) is 0 Å². The molecular weight excluding hydrogens is 404 g/mol. The molecule has 5 rings (SSSR count). The number of anilines is 3. The van der Waals surface area contributed by atoms with E-state index in [2.05, 4.69) is 34.7 Å². The summed E-state index contributed by atoms with van der Waals surface area (Å²) in [5.41, 5.74) is 8.19. The molecule has 2 saturated heterocycles. The minimum absolute atomic E-state index is 0.00796. The number of ether oxygens (including phenoxy) is 1. The number of carbonyl (C=O) groups is 2. The van der Waals surface area contributed by atoms with Gasteiger partial charge in [-0.2, -0.15) is 0 Å². The average Bonchev–Trinajstić information content (AvgIpc) is 3.52. The number of fused-ring (bicyclic) bond motifs is 1. The number of hydrazine groups is 1. The summed E-state index contributed by atoms with van der Waals surface area (Å²) >= 11 is 0. The quantitative estimate of drug-likeness (QED) is 0.803. The summed E-state index contributed by atoms with van der Waals surface area (Å²) in [5.74, 6) is -0.0235. The van der Waals surface area contributed by atoms with Crippen LogP contribution in [0.3, 0.4) is 0 Å². The highest BCUT2D eigenvalue weighted by Gasteiger charge is 2.37. The third kappa shape index (κ3) is 3.76. The summed E-state index contributed by atoms with van der Waals surface area (Å²) in [6.45, 7) is 6.68. The summed E-state index contributed by atoms with van der Waals surface area (Å²) in [6.07, 6.45) is 2.41. The Hall–Kier alpha value is -2.90. The molecule has 2 fully saturated rings. The average molecular weight is 435 g/mol. The third-order valence-corrected chi connectivity index (χ3v) is 6.60. The van der Waals surface area contributed by atoms with E-state index in [4.69, 9.17) is 4.74 Å². The van der Waals surface area contributed by atoms with Crippen LogP contribution in [0, 0.1) is 0 Å². The van der Waals surface area contributed by atoms with E-state index >= 15 is 0 Å². The zero-order valence-corrected chi connectivity index (χ0v) is 18.7. The molecule has 0 radical (unpaired) electrons. The lowest BCUT2D eigenvalue weighted by atomic mass is 9.99. The first-order valence-electron chi connectivity index (χ1n) is 11.5. The monoisotopic (exact) mass is 434 g/mol. The van der Waals surface area contributed by atoms with Crippen molar-refractivity contribution in [3.8, 4) is 11.1 Å². The number of carbonyl (C=O) groups excluding carboxylic acids is 2. The Morgan fingerprint density at radius 2 is 1.81 bits per heavy atom. The van der Waals surface area contributed by atoms with Gasteiger partial charge in [-0.05, 0) is 61.6 Å². The van der Waals surface area contributed by atoms with E-state index in [1.807, 2.05) is 30.0 Å². The van der Waals surface area contributed by atoms with E-state index in [-0.39, 0.29) is 17.9 Å². The maximum Gasteiger partial charge on any atom is 0.256 e. The Morgan fingerprint density at radius 3 is 2.47 bits per heavy atom. The molecule has 7 nitrogen and oxygen atoms in total. The molecule has 0 aliphatic carbocycles. The van der Waals surface area contributed by atoms with Gasteiger partial charge in [0.15, 0.2) is 0 Å². The highest BCUT2D eigenvalue weighted by Crippen LogP contribution is 2.40. The largest absolute Gasteiger partial charge is 0.368 e. The number of hydrogen-bond acceptors (Lipinski definition) is 5. The van der Waals surface area contributed by atoms with Crippen molar-refractivity contribution in [3.05, 3.63) is 42.5 Å². The lowest BCUT2D eigenvalue weighted by molar-refractivity contribution is -0.127. The second-order valence-electron chi connectivity index (χ2n) is 8.85. The van der Waals surface area contributed by atoms with Crippen LogP contribution in [0.2, 0.25) is 0 Å². The molecule has 32 heavy (non-hydrogen) atoms. The van der Waals surface area contributed by atoms with E-state index in [1.54, 1.807) is 11.8 Å². The summed E-state index contributed by atoms with van der Waals surface area (Å²) < 4.78 is 5.69. The summed E-state index contributed by atoms with van der Waals surface area (Å²) in [7, 11) is 0. The van der Waals surface area contributed by atoms with Crippen LogP contribution in [0.4, 0.5) is 17.1 Å². The fourth-order valence-corrected chi connectivity index (χ4v) is 5.02. The molecule has 0 saturated carbocycles. The van der Waals surface area contributed by atoms with Gasteiger partial charge in [0.2, 0.25) is 5.91 Å². The molecule has 1 unspecified atom stereocenters. The van der Waals surface area contributed by atoms with E-state index < -0.39 is 6.10 Å². The zero-order chi connectivity index (χ0) is 22.2. The van der Waals surface area contributed by atoms with Crippen LogP contribution in [0.25, 0.3) is 11.1 Å². The Morgan fingerprint density at radius 1 is 1.03 bits per heavy atom. The molecule has 3 aliphatic rings. The lowest BCUT2D eigenvalue weighted by Gasteiger charge is -2.41. The second kappa shape index (κ2) is 8.56. The van der Waals surface area contributed by atoms with Crippen molar-refractivity contribution in [2.45, 2.75) is 45.3 Å². The molecule has 2 atom stereocenters. The minimum Gasteiger partial charge on any atom is -0.368 e. The molecule has 2 aromatic carbocycles. The Labute approximate surface area is 188 Å². The summed E-state index contributed by atoms with van der Waals surface area (Å²) in [6, 6.07) is 14.4. The molecular formula is C25H30N4O3. The lowest BCUT2D eigenvalue weighted by Crippen LogP contribution is -2.53. The normalized spacial score (nSPS) is 22.9. The van der Waals surface area contributed by atoms with Crippen molar-refractivity contribution in [2.75, 3.05) is 41.0 Å². The van der Waals surface area contributed by atoms with Crippen molar-refractivity contribution in [2.24, 2.45) is 0 Å². The van der Waals surface area contributed by atoms with Crippen LogP contribution < -0.4 is 20.2 Å². The van der Waals surface area contributed by atoms with Crippen molar-refractivity contribution < 1.29 is 14.3 Å². The highest BCUT2D eigenvalue weighted by molar-refractivity contribution is 6.06. The van der Waals surface area contributed by atoms with Gasteiger partial charge in [-0.3, -0.25) is 9.59 Å². The molecule has 3 aliphatic heterocycles. The molecule has 2 amide bonds. The number of nitrogens with zero attached hydrogens (tertiary/aromatic N) is 3. The smallest absolute Gasteiger partial charge is 0.256 e. The fraction of sp³-hybridized carbons (Fsp3) is 0.440. The number of nitrogens with one attached hydrogen (secondary N) is 1. The molecule has 0 bridgehead atoms. The minimum atomic E-state index is -0.394. The molecule has 3 heterocycles. The topological polar surface area (TPSA) is 65.1 Å². The molecule has 0 aromatic heterocycles. The van der Waals surface area contributed by atoms with E-state index in [1.165, 1.54) is 0 Å². The van der Waals surface area contributed by atoms with E-state index in [0.29, 0.717) is 13.2 Å². The van der Waals surface area contributed by atoms with Crippen LogP contribution in [0.1, 0.15) is 33.1 Å². The van der Waals surface area contributed by atoms with Gasteiger partial charge in [0.1, 0.15) is 6.10 Å². The summed E-state index contributed by atoms with van der Waals surface area (Å²) in [4.78, 5) is 29.3. The number of amides is 2. The van der Waals surface area contributed by atoms with Gasteiger partial charge >= 0.3 is 0 Å². The molecule has 7 heteroatoms. The van der Waals surface area contributed by atoms with E-state index in [9.17, 15) is 9.59 Å². The Kier molecular flexibility index (Phi) is 5.61. The Bertz CT molecular complexity index is 1010. The first-order chi connectivity index (χ1) is 15.5. The first-order valence-corrected chi connectivity index (χ1v) is 11.5. The van der Waals surface area contributed by atoms with Crippen molar-refractivity contribution in [1.29, 1.82) is 0 Å². The van der Waals surface area contributed by atoms with Gasteiger partial charge in [-0.1, -0.05) is 18.2 Å². The zero-order valence-electron chi connectivity index (χ0n) is 18.7. The Balaban J connectivity index is 1.51. The highest BCUT2D eigenvalue weighted by atomic mass is 16.5. The molecule has 168 valence electrons. The van der Waals surface area contributed by atoms with Gasteiger partial charge in [0.25, 0.3) is 5.91 Å². The van der Waals surface area contributed by atoms with Crippen LogP contribution >= 0.6 is 0 Å². The van der Waals surface area contributed by atoms with Crippen molar-refractivity contribution in [1.82, 2.24) is 5.43 Å². The SMILES string of the molecule is CC(=O)N1c2ccc(-c3ccc(N4CCCN4)cc3)cc2N(C(=O)C2CCCO2)C[C@@H]1C. The van der Waals surface area contributed by atoms with Crippen LogP contribution in [-0.2, 0) is 14.3 Å². The third-order valence-electron chi connectivity index (χ3n) is 6.60. The van der Waals surface area contributed by atoms with E-state index in [0.717, 1.165) is 60.5 Å². The molecule has 1 N–H and O–H groups in total. The van der Waals surface area contributed by atoms with Crippen LogP contribution in [0.15, 0.2) is 42.5 Å². The maximum atomic E-state index is 13.3. The van der Waals surface area contributed by atoms with Gasteiger partial charge in [0, 0.05) is 33.2 Å². The predicted octanol–water partition coefficient (Wildman–Crippen LogP) is 3.34. The second-order valence-corrected chi connectivity index (χ2v) is 8.85. The molecule has 0 spiro atoms. The fourth-order valence-electron chi connectivity index (χ4n) is 5.02. The molecule has 2 aromatic rings. The standard InChI is InChI=1S/C25H30N4O3/c1-17-16-27(25(31)24-5-3-14-32-24)23-15-20(8-11-22(23)29(17)18(2)30)19-6-9-21(10-7-19)28-13-4-12-26-28/h6-11,15,17,24,26H,3-5,12-14,16H2,1-2H3/t17-,24?/m0/s1.